The Hall–Kier alpha value is -1.32. The zero-order chi connectivity index (χ0) is 12.0. The van der Waals surface area contributed by atoms with Gasteiger partial charge in [0.05, 0.1) is 5.92 Å². The monoisotopic (exact) mass is 225 g/mol. The Morgan fingerprint density at radius 3 is 2.75 bits per heavy atom. The largest absolute Gasteiger partial charge is 0.481 e. The van der Waals surface area contributed by atoms with Crippen LogP contribution in [-0.2, 0) is 9.59 Å². The first-order chi connectivity index (χ1) is 7.65. The van der Waals surface area contributed by atoms with Gasteiger partial charge in [0.2, 0.25) is 5.91 Å². The lowest BCUT2D eigenvalue weighted by Crippen LogP contribution is -2.36. The van der Waals surface area contributed by atoms with Crippen LogP contribution < -0.4 is 5.32 Å². The van der Waals surface area contributed by atoms with E-state index in [-0.39, 0.29) is 18.4 Å². The van der Waals surface area contributed by atoms with Gasteiger partial charge in [-0.1, -0.05) is 19.1 Å². The molecule has 0 aromatic heterocycles. The number of nitrogens with one attached hydrogen (secondary N) is 1. The van der Waals surface area contributed by atoms with E-state index >= 15 is 0 Å². The Kier molecular flexibility index (Phi) is 5.02. The maximum absolute atomic E-state index is 11.7. The van der Waals surface area contributed by atoms with Crippen molar-refractivity contribution in [1.82, 2.24) is 5.32 Å². The number of carbonyl (C=O) groups is 2. The molecule has 1 rings (SSSR count). The van der Waals surface area contributed by atoms with E-state index in [1.165, 1.54) is 0 Å². The predicted molar refractivity (Wildman–Crippen MR) is 60.9 cm³/mol. The first-order valence-electron chi connectivity index (χ1n) is 5.80. The number of hydrogen-bond acceptors (Lipinski definition) is 2. The van der Waals surface area contributed by atoms with Gasteiger partial charge >= 0.3 is 5.97 Å². The molecule has 16 heavy (non-hydrogen) atoms. The molecule has 0 bridgehead atoms. The van der Waals surface area contributed by atoms with Crippen LogP contribution in [0.3, 0.4) is 0 Å². The Bertz CT molecular complexity index is 286. The van der Waals surface area contributed by atoms with E-state index in [9.17, 15) is 9.59 Å². The Morgan fingerprint density at radius 1 is 1.50 bits per heavy atom. The lowest BCUT2D eigenvalue weighted by molar-refractivity contribution is -0.141. The van der Waals surface area contributed by atoms with Crippen LogP contribution in [0, 0.1) is 11.8 Å². The molecular formula is C12H19NO3. The van der Waals surface area contributed by atoms with Crippen LogP contribution in [0.1, 0.15) is 32.6 Å². The summed E-state index contributed by atoms with van der Waals surface area (Å²) in [5.41, 5.74) is 0. The summed E-state index contributed by atoms with van der Waals surface area (Å²) >= 11 is 0. The molecule has 2 N–H and O–H groups in total. The zero-order valence-corrected chi connectivity index (χ0v) is 9.61. The molecule has 4 heteroatoms. The van der Waals surface area contributed by atoms with Gasteiger partial charge in [-0.3, -0.25) is 9.59 Å². The van der Waals surface area contributed by atoms with E-state index in [1.54, 1.807) is 0 Å². The molecule has 0 aromatic carbocycles. The summed E-state index contributed by atoms with van der Waals surface area (Å²) < 4.78 is 0. The van der Waals surface area contributed by atoms with Gasteiger partial charge in [0, 0.05) is 12.5 Å². The van der Waals surface area contributed by atoms with Crippen molar-refractivity contribution in [2.75, 3.05) is 6.54 Å². The van der Waals surface area contributed by atoms with E-state index in [1.807, 2.05) is 13.0 Å². The Morgan fingerprint density at radius 2 is 2.25 bits per heavy atom. The van der Waals surface area contributed by atoms with Crippen LogP contribution in [0.4, 0.5) is 0 Å². The fourth-order valence-electron chi connectivity index (χ4n) is 1.81. The van der Waals surface area contributed by atoms with Gasteiger partial charge in [-0.15, -0.1) is 0 Å². The molecule has 0 saturated heterocycles. The van der Waals surface area contributed by atoms with Crippen LogP contribution in [0.5, 0.6) is 0 Å². The molecule has 0 saturated carbocycles. The molecule has 0 fully saturated rings. The molecular weight excluding hydrogens is 206 g/mol. The minimum Gasteiger partial charge on any atom is -0.481 e. The number of carboxylic acid groups (broad SMARTS) is 1. The molecule has 4 nitrogen and oxygen atoms in total. The minimum absolute atomic E-state index is 0.0101. The summed E-state index contributed by atoms with van der Waals surface area (Å²) in [4.78, 5) is 22.5. The average molecular weight is 225 g/mol. The third-order valence-electron chi connectivity index (χ3n) is 3.00. The highest BCUT2D eigenvalue weighted by Crippen LogP contribution is 2.18. The second kappa shape index (κ2) is 6.30. The third-order valence-corrected chi connectivity index (χ3v) is 3.00. The highest BCUT2D eigenvalue weighted by molar-refractivity contribution is 5.79. The topological polar surface area (TPSA) is 66.4 Å². The van der Waals surface area contributed by atoms with Crippen molar-refractivity contribution in [3.05, 3.63) is 12.2 Å². The Labute approximate surface area is 95.7 Å². The molecule has 2 atom stereocenters. The molecule has 0 radical (unpaired) electrons. The molecule has 2 unspecified atom stereocenters. The van der Waals surface area contributed by atoms with Gasteiger partial charge in [-0.2, -0.15) is 0 Å². The molecule has 1 amide bonds. The molecule has 0 aromatic rings. The zero-order valence-electron chi connectivity index (χ0n) is 9.61. The van der Waals surface area contributed by atoms with Gasteiger partial charge in [0.15, 0.2) is 0 Å². The van der Waals surface area contributed by atoms with E-state index in [4.69, 9.17) is 5.11 Å². The fraction of sp³-hybridized carbons (Fsp3) is 0.667. The first-order valence-corrected chi connectivity index (χ1v) is 5.80. The maximum atomic E-state index is 11.7. The van der Waals surface area contributed by atoms with Crippen molar-refractivity contribution in [1.29, 1.82) is 0 Å². The lowest BCUT2D eigenvalue weighted by atomic mass is 9.93. The van der Waals surface area contributed by atoms with Crippen molar-refractivity contribution in [2.24, 2.45) is 11.8 Å². The SMILES string of the molecule is CCC(CNC(=O)C1CC=CCC1)C(=O)O. The van der Waals surface area contributed by atoms with Crippen molar-refractivity contribution in [2.45, 2.75) is 32.6 Å². The van der Waals surface area contributed by atoms with Gasteiger partial charge in [-0.25, -0.2) is 0 Å². The molecule has 1 aliphatic rings. The van der Waals surface area contributed by atoms with Crippen molar-refractivity contribution >= 4 is 11.9 Å². The number of hydrogen-bond donors (Lipinski definition) is 2. The number of rotatable bonds is 5. The molecule has 90 valence electrons. The lowest BCUT2D eigenvalue weighted by Gasteiger charge is -2.18. The summed E-state index contributed by atoms with van der Waals surface area (Å²) in [6, 6.07) is 0. The smallest absolute Gasteiger partial charge is 0.308 e. The maximum Gasteiger partial charge on any atom is 0.308 e. The molecule has 0 heterocycles. The van der Waals surface area contributed by atoms with E-state index in [0.29, 0.717) is 6.42 Å². The fourth-order valence-corrected chi connectivity index (χ4v) is 1.81. The van der Waals surface area contributed by atoms with Gasteiger partial charge in [-0.05, 0) is 25.7 Å². The number of amides is 1. The van der Waals surface area contributed by atoms with Crippen LogP contribution in [0.15, 0.2) is 12.2 Å². The van der Waals surface area contributed by atoms with E-state index in [2.05, 4.69) is 11.4 Å². The van der Waals surface area contributed by atoms with Crippen molar-refractivity contribution < 1.29 is 14.7 Å². The summed E-state index contributed by atoms with van der Waals surface area (Å²) in [5.74, 6) is -1.30. The highest BCUT2D eigenvalue weighted by atomic mass is 16.4. The summed E-state index contributed by atoms with van der Waals surface area (Å²) in [6.07, 6.45) is 7.22. The van der Waals surface area contributed by atoms with Crippen molar-refractivity contribution in [3.8, 4) is 0 Å². The molecule has 1 aliphatic carbocycles. The third kappa shape index (κ3) is 3.68. The second-order valence-corrected chi connectivity index (χ2v) is 4.17. The normalized spacial score (nSPS) is 21.4. The molecule has 0 spiro atoms. The molecule has 0 aliphatic heterocycles. The number of carboxylic acids is 1. The van der Waals surface area contributed by atoms with Crippen LogP contribution in [-0.4, -0.2) is 23.5 Å². The van der Waals surface area contributed by atoms with Gasteiger partial charge in [0.1, 0.15) is 0 Å². The summed E-state index contributed by atoms with van der Waals surface area (Å²) in [6.45, 7) is 2.05. The van der Waals surface area contributed by atoms with E-state index in [0.717, 1.165) is 19.3 Å². The van der Waals surface area contributed by atoms with Gasteiger partial charge in [0.25, 0.3) is 0 Å². The number of allylic oxidation sites excluding steroid dienone is 2. The summed E-state index contributed by atoms with van der Waals surface area (Å²) in [7, 11) is 0. The number of aliphatic carboxylic acids is 1. The highest BCUT2D eigenvalue weighted by Gasteiger charge is 2.21. The first kappa shape index (κ1) is 12.7. The van der Waals surface area contributed by atoms with E-state index < -0.39 is 11.9 Å². The average Bonchev–Trinajstić information content (AvgIpc) is 2.30. The Balaban J connectivity index is 2.33. The standard InChI is InChI=1S/C12H19NO3/c1-2-9(12(15)16)8-13-11(14)10-6-4-3-5-7-10/h3-4,9-10H,2,5-8H2,1H3,(H,13,14)(H,15,16). The van der Waals surface area contributed by atoms with Crippen LogP contribution in [0.2, 0.25) is 0 Å². The van der Waals surface area contributed by atoms with Crippen LogP contribution >= 0.6 is 0 Å². The quantitative estimate of drug-likeness (QED) is 0.698. The minimum atomic E-state index is -0.841. The predicted octanol–water partition coefficient (Wildman–Crippen LogP) is 1.57. The van der Waals surface area contributed by atoms with Gasteiger partial charge < -0.3 is 10.4 Å². The second-order valence-electron chi connectivity index (χ2n) is 4.17. The summed E-state index contributed by atoms with van der Waals surface area (Å²) in [5, 5.41) is 11.6. The number of carbonyl (C=O) groups excluding carboxylic acids is 1. The van der Waals surface area contributed by atoms with Crippen molar-refractivity contribution in [3.63, 3.8) is 0 Å². The van der Waals surface area contributed by atoms with Crippen LogP contribution in [0.25, 0.3) is 0 Å².